The van der Waals surface area contributed by atoms with Crippen molar-refractivity contribution in [1.82, 2.24) is 0 Å². The van der Waals surface area contributed by atoms with E-state index >= 15 is 0 Å². The van der Waals surface area contributed by atoms with Gasteiger partial charge in [-0.15, -0.1) is 0 Å². The highest BCUT2D eigenvalue weighted by Crippen LogP contribution is 2.42. The predicted molar refractivity (Wildman–Crippen MR) is 344 cm³/mol. The van der Waals surface area contributed by atoms with Gasteiger partial charge in [-0.1, -0.05) is 0 Å². The molecule has 10 fully saturated rings. The normalized spacial score (nSPS) is 53.0. The highest BCUT2D eigenvalue weighted by atomic mass is 16.8. The summed E-state index contributed by atoms with van der Waals surface area (Å²) >= 11 is 0. The number of rotatable bonds is 30. The molecule has 0 saturated carbocycles. The van der Waals surface area contributed by atoms with Gasteiger partial charge in [-0.3, -0.25) is 0 Å². The van der Waals surface area contributed by atoms with Crippen LogP contribution < -0.4 is 5.73 Å². The summed E-state index contributed by atoms with van der Waals surface area (Å²) in [4.78, 5) is 0. The largest absolute Gasteiger partial charge is 0.394 e. The zero-order valence-electron chi connectivity index (χ0n) is 60.4. The van der Waals surface area contributed by atoms with E-state index in [0.717, 1.165) is 0 Å². The standard InChI is InChI=1S/C63H109NO49/c1-14-24(73)45(40(89)57(95-14)107-47-29(78)19(9-68)97-54(39(47)88)94-5-3-4-64)106-60-44(93)50(32(81)22(12-71)101-60)110-63-53(113-56-38(87)35(84)27(76)17(7-66)99-56)51(33(82)23(13-72)104-63)111-61-42(91)48(30(79)20(10-69)102-61)108-58-41(90)46(25(74)15(2)96-58)105-59-43(92)49(31(80)21(11-70)100-59)109-62-52(36(85)28(77)18(8-67)103-62)112-55-37(86)34(83)26(75)16(6-65)98-55/h14-63,65-93H,3-13,64H2,1-2H3. The Balaban J connectivity index is 0.889. The summed E-state index contributed by atoms with van der Waals surface area (Å²) in [5, 5.41) is 323. The van der Waals surface area contributed by atoms with Gasteiger partial charge in [0.2, 0.25) is 0 Å². The maximum Gasteiger partial charge on any atom is 0.187 e. The van der Waals surface area contributed by atoms with Crippen LogP contribution in [0.5, 0.6) is 0 Å². The Labute approximate surface area is 640 Å². The van der Waals surface area contributed by atoms with Crippen molar-refractivity contribution in [3.63, 3.8) is 0 Å². The van der Waals surface area contributed by atoms with Crippen molar-refractivity contribution >= 4 is 0 Å². The van der Waals surface area contributed by atoms with Gasteiger partial charge in [0.15, 0.2) is 62.9 Å². The lowest BCUT2D eigenvalue weighted by atomic mass is 9.94. The number of hydrogen-bond donors (Lipinski definition) is 30. The van der Waals surface area contributed by atoms with Crippen LogP contribution in [0.25, 0.3) is 0 Å². The van der Waals surface area contributed by atoms with Crippen LogP contribution in [-0.4, -0.2) is 521 Å². The van der Waals surface area contributed by atoms with Gasteiger partial charge in [-0.2, -0.15) is 0 Å². The van der Waals surface area contributed by atoms with Crippen molar-refractivity contribution in [3.05, 3.63) is 0 Å². The quantitative estimate of drug-likeness (QED) is 0.0297. The van der Waals surface area contributed by atoms with E-state index in [1.165, 1.54) is 13.8 Å². The zero-order valence-corrected chi connectivity index (χ0v) is 60.4. The molecule has 0 aromatic rings. The highest BCUT2D eigenvalue weighted by molar-refractivity contribution is 5.04. The van der Waals surface area contributed by atoms with Crippen molar-refractivity contribution in [2.45, 2.75) is 327 Å². The zero-order chi connectivity index (χ0) is 82.8. The first kappa shape index (κ1) is 93.3. The molecule has 50 atom stereocenters. The first-order chi connectivity index (χ1) is 53.7. The molecule has 31 N–H and O–H groups in total. The van der Waals surface area contributed by atoms with Crippen LogP contribution in [0, 0.1) is 0 Å². The van der Waals surface area contributed by atoms with Crippen molar-refractivity contribution < 1.29 is 243 Å². The summed E-state index contributed by atoms with van der Waals surface area (Å²) < 4.78 is 116. The Bertz CT molecular complexity index is 2830. The first-order valence-corrected chi connectivity index (χ1v) is 36.6. The second-order valence-corrected chi connectivity index (χ2v) is 28.9. The molecule has 113 heavy (non-hydrogen) atoms. The molecule has 10 aliphatic heterocycles. The van der Waals surface area contributed by atoms with Gasteiger partial charge in [0.05, 0.1) is 71.7 Å². The van der Waals surface area contributed by atoms with Crippen molar-refractivity contribution in [2.75, 3.05) is 66.0 Å². The maximum atomic E-state index is 12.3. The predicted octanol–water partition coefficient (Wildman–Crippen LogP) is -20.4. The third-order valence-electron chi connectivity index (χ3n) is 21.4. The van der Waals surface area contributed by atoms with Crippen LogP contribution in [0.3, 0.4) is 0 Å². The fraction of sp³-hybridized carbons (Fsp3) is 1.00. The lowest BCUT2D eigenvalue weighted by Crippen LogP contribution is -2.69. The summed E-state index contributed by atoms with van der Waals surface area (Å²) in [5.74, 6) is 0. The Morgan fingerprint density at radius 2 is 0.416 bits per heavy atom. The van der Waals surface area contributed by atoms with E-state index in [1.54, 1.807) is 0 Å². The third kappa shape index (κ3) is 19.7. The molecule has 50 nitrogen and oxygen atoms in total. The van der Waals surface area contributed by atoms with Gasteiger partial charge >= 0.3 is 0 Å². The van der Waals surface area contributed by atoms with Gasteiger partial charge in [0.25, 0.3) is 0 Å². The first-order valence-electron chi connectivity index (χ1n) is 36.6. The summed E-state index contributed by atoms with van der Waals surface area (Å²) in [6, 6.07) is 0. The molecule has 0 amide bonds. The molecule has 50 unspecified atom stereocenters. The molecule has 10 saturated heterocycles. The molecular weight excluding hydrogens is 1550 g/mol. The molecule has 10 aliphatic rings. The summed E-state index contributed by atoms with van der Waals surface area (Å²) in [7, 11) is 0. The Hall–Kier alpha value is -2.00. The fourth-order valence-corrected chi connectivity index (χ4v) is 14.7. The fourth-order valence-electron chi connectivity index (χ4n) is 14.7. The Morgan fingerprint density at radius 3 is 0.735 bits per heavy atom. The van der Waals surface area contributed by atoms with Gasteiger partial charge in [-0.25, -0.2) is 0 Å². The molecule has 660 valence electrons. The average Bonchev–Trinajstić information content (AvgIpc) is 0.738. The van der Waals surface area contributed by atoms with E-state index < -0.39 is 360 Å². The van der Waals surface area contributed by atoms with Crippen molar-refractivity contribution in [3.8, 4) is 0 Å². The van der Waals surface area contributed by atoms with E-state index in [9.17, 15) is 148 Å². The van der Waals surface area contributed by atoms with Crippen molar-refractivity contribution in [1.29, 1.82) is 0 Å². The maximum absolute atomic E-state index is 12.3. The summed E-state index contributed by atoms with van der Waals surface area (Å²) in [5.41, 5.74) is 5.56. The van der Waals surface area contributed by atoms with E-state index in [1.807, 2.05) is 0 Å². The van der Waals surface area contributed by atoms with Crippen LogP contribution in [0.1, 0.15) is 20.3 Å². The molecule has 0 radical (unpaired) electrons. The van der Waals surface area contributed by atoms with E-state index in [4.69, 9.17) is 100 Å². The SMILES string of the molecule is CC1OC(OC2C(O)C(CO)OC(OC3C(O)C(CO)OC(OC4C(O)C(CO)OC(OC5C(O)C(C)OC(OC6C(O)C(CO)OC(OCCCN)C6O)C5O)C4O)C3OC3OC(CO)C(O)C(O)C3O)C2O)C(O)C(OC2OC(CO)C(O)C(OC3OC(CO)C(O)C(O)C3OC3OC(CO)C(O)C(O)C3O)C2O)C1O. The highest BCUT2D eigenvalue weighted by Gasteiger charge is 2.62. The average molecular weight is 1660 g/mol. The molecule has 10 heterocycles. The Kier molecular flexibility index (Phi) is 33.7. The van der Waals surface area contributed by atoms with Crippen LogP contribution in [-0.2, 0) is 94.7 Å². The number of aliphatic hydroxyl groups excluding tert-OH is 29. The molecule has 0 aromatic heterocycles. The molecule has 0 aromatic carbocycles. The lowest BCUT2D eigenvalue weighted by molar-refractivity contribution is -0.415. The minimum absolute atomic E-state index is 0.0625. The van der Waals surface area contributed by atoms with Crippen LogP contribution in [0.15, 0.2) is 0 Å². The summed E-state index contributed by atoms with van der Waals surface area (Å²) in [6.07, 6.45) is -103. The van der Waals surface area contributed by atoms with Gasteiger partial charge in [0.1, 0.15) is 232 Å². The topological polar surface area (TPSA) is 797 Å². The lowest BCUT2D eigenvalue weighted by Gasteiger charge is -2.51. The van der Waals surface area contributed by atoms with Crippen LogP contribution in [0.2, 0.25) is 0 Å². The monoisotopic (exact) mass is 1660 g/mol. The summed E-state index contributed by atoms with van der Waals surface area (Å²) in [6.45, 7) is -6.09. The molecule has 50 heteroatoms. The van der Waals surface area contributed by atoms with Gasteiger partial charge in [0, 0.05) is 0 Å². The van der Waals surface area contributed by atoms with E-state index in [-0.39, 0.29) is 19.6 Å². The minimum Gasteiger partial charge on any atom is -0.394 e. The van der Waals surface area contributed by atoms with Crippen LogP contribution in [0.4, 0.5) is 0 Å². The second kappa shape index (κ2) is 40.8. The number of ether oxygens (including phenoxy) is 20. The molecule has 10 rings (SSSR count). The van der Waals surface area contributed by atoms with Crippen molar-refractivity contribution in [2.24, 2.45) is 5.73 Å². The number of nitrogens with two attached hydrogens (primary N) is 1. The number of aliphatic hydroxyl groups is 29. The van der Waals surface area contributed by atoms with Crippen LogP contribution >= 0.6 is 0 Å². The second-order valence-electron chi connectivity index (χ2n) is 28.9. The Morgan fingerprint density at radius 1 is 0.204 bits per heavy atom. The minimum atomic E-state index is -2.50. The molecule has 0 spiro atoms. The molecular formula is C63H109NO49. The van der Waals surface area contributed by atoms with E-state index in [0.29, 0.717) is 0 Å². The smallest absolute Gasteiger partial charge is 0.187 e. The number of hydrogen-bond acceptors (Lipinski definition) is 50. The third-order valence-corrected chi connectivity index (χ3v) is 21.4. The van der Waals surface area contributed by atoms with Gasteiger partial charge in [-0.05, 0) is 26.8 Å². The van der Waals surface area contributed by atoms with Gasteiger partial charge < -0.3 is 249 Å². The molecule has 0 aliphatic carbocycles. The van der Waals surface area contributed by atoms with E-state index in [2.05, 4.69) is 0 Å². The molecule has 0 bridgehead atoms.